The summed E-state index contributed by atoms with van der Waals surface area (Å²) >= 11 is 0. The van der Waals surface area contributed by atoms with Gasteiger partial charge in [0.25, 0.3) is 0 Å². The second-order valence-electron chi connectivity index (χ2n) is 4.76. The van der Waals surface area contributed by atoms with E-state index in [1.165, 1.54) is 0 Å². The molecule has 3 nitrogen and oxygen atoms in total. The van der Waals surface area contributed by atoms with Crippen molar-refractivity contribution in [3.8, 4) is 22.6 Å². The van der Waals surface area contributed by atoms with Gasteiger partial charge in [0.05, 0.1) is 6.26 Å². The molecule has 0 unspecified atom stereocenters. The van der Waals surface area contributed by atoms with Gasteiger partial charge >= 0.3 is 0 Å². The van der Waals surface area contributed by atoms with Gasteiger partial charge in [-0.25, -0.2) is 9.97 Å². The third kappa shape index (κ3) is 2.09. The molecule has 0 aliphatic carbocycles. The molecule has 100 valence electrons. The SMILES string of the molecule is c1ccc(-c2nc(-c3ccccc3)c3occc3n2)cc1. The summed E-state index contributed by atoms with van der Waals surface area (Å²) in [5, 5.41) is 0. The molecule has 0 aliphatic rings. The zero-order valence-electron chi connectivity index (χ0n) is 11.2. The van der Waals surface area contributed by atoms with Crippen molar-refractivity contribution in [1.29, 1.82) is 0 Å². The minimum absolute atomic E-state index is 0.711. The van der Waals surface area contributed by atoms with Crippen molar-refractivity contribution in [2.45, 2.75) is 0 Å². The van der Waals surface area contributed by atoms with Gasteiger partial charge in [-0.15, -0.1) is 0 Å². The Kier molecular flexibility index (Phi) is 2.75. The number of rotatable bonds is 2. The zero-order valence-corrected chi connectivity index (χ0v) is 11.2. The Labute approximate surface area is 121 Å². The van der Waals surface area contributed by atoms with E-state index in [0.29, 0.717) is 5.82 Å². The molecule has 2 aromatic carbocycles. The van der Waals surface area contributed by atoms with Crippen molar-refractivity contribution in [1.82, 2.24) is 9.97 Å². The van der Waals surface area contributed by atoms with E-state index in [0.717, 1.165) is 27.9 Å². The molecule has 21 heavy (non-hydrogen) atoms. The number of aromatic nitrogens is 2. The fourth-order valence-electron chi connectivity index (χ4n) is 2.37. The summed E-state index contributed by atoms with van der Waals surface area (Å²) in [6.07, 6.45) is 1.65. The summed E-state index contributed by atoms with van der Waals surface area (Å²) in [6, 6.07) is 21.9. The van der Waals surface area contributed by atoms with Crippen LogP contribution in [0.3, 0.4) is 0 Å². The lowest BCUT2D eigenvalue weighted by molar-refractivity contribution is 0.615. The molecule has 0 radical (unpaired) electrons. The predicted molar refractivity (Wildman–Crippen MR) is 82.7 cm³/mol. The predicted octanol–water partition coefficient (Wildman–Crippen LogP) is 4.56. The van der Waals surface area contributed by atoms with Crippen LogP contribution in [-0.2, 0) is 0 Å². The molecule has 0 saturated carbocycles. The van der Waals surface area contributed by atoms with Crippen molar-refractivity contribution in [3.05, 3.63) is 73.0 Å². The van der Waals surface area contributed by atoms with E-state index in [-0.39, 0.29) is 0 Å². The highest BCUT2D eigenvalue weighted by Crippen LogP contribution is 2.29. The summed E-state index contributed by atoms with van der Waals surface area (Å²) in [4.78, 5) is 9.30. The van der Waals surface area contributed by atoms with E-state index in [4.69, 9.17) is 9.40 Å². The first-order valence-electron chi connectivity index (χ1n) is 6.78. The fourth-order valence-corrected chi connectivity index (χ4v) is 2.37. The first-order valence-corrected chi connectivity index (χ1v) is 6.78. The van der Waals surface area contributed by atoms with Gasteiger partial charge in [0, 0.05) is 17.2 Å². The molecule has 0 saturated heterocycles. The number of benzene rings is 2. The van der Waals surface area contributed by atoms with Gasteiger partial charge in [0.1, 0.15) is 11.2 Å². The van der Waals surface area contributed by atoms with Crippen LogP contribution in [0.5, 0.6) is 0 Å². The largest absolute Gasteiger partial charge is 0.460 e. The monoisotopic (exact) mass is 272 g/mol. The normalized spacial score (nSPS) is 10.9. The van der Waals surface area contributed by atoms with E-state index < -0.39 is 0 Å². The molecule has 0 amide bonds. The van der Waals surface area contributed by atoms with Crippen molar-refractivity contribution in [2.24, 2.45) is 0 Å². The van der Waals surface area contributed by atoms with Crippen LogP contribution in [0.25, 0.3) is 33.7 Å². The van der Waals surface area contributed by atoms with Crippen molar-refractivity contribution in [2.75, 3.05) is 0 Å². The van der Waals surface area contributed by atoms with E-state index in [2.05, 4.69) is 4.98 Å². The van der Waals surface area contributed by atoms with Gasteiger partial charge < -0.3 is 4.42 Å². The lowest BCUT2D eigenvalue weighted by Crippen LogP contribution is -1.93. The second-order valence-corrected chi connectivity index (χ2v) is 4.76. The minimum atomic E-state index is 0.711. The molecular formula is C18H12N2O. The summed E-state index contributed by atoms with van der Waals surface area (Å²) in [7, 11) is 0. The maximum atomic E-state index is 5.57. The van der Waals surface area contributed by atoms with Gasteiger partial charge in [-0.2, -0.15) is 0 Å². The molecule has 4 rings (SSSR count). The number of furan rings is 1. The van der Waals surface area contributed by atoms with Crippen molar-refractivity contribution >= 4 is 11.1 Å². The smallest absolute Gasteiger partial charge is 0.178 e. The molecule has 2 aromatic heterocycles. The van der Waals surface area contributed by atoms with Crippen molar-refractivity contribution < 1.29 is 4.42 Å². The summed E-state index contributed by atoms with van der Waals surface area (Å²) in [6.45, 7) is 0. The second kappa shape index (κ2) is 4.87. The summed E-state index contributed by atoms with van der Waals surface area (Å²) in [5.41, 5.74) is 4.39. The van der Waals surface area contributed by atoms with E-state index in [9.17, 15) is 0 Å². The average molecular weight is 272 g/mol. The van der Waals surface area contributed by atoms with Gasteiger partial charge in [-0.3, -0.25) is 0 Å². The molecule has 0 fully saturated rings. The van der Waals surface area contributed by atoms with Gasteiger partial charge in [-0.05, 0) is 0 Å². The highest BCUT2D eigenvalue weighted by Gasteiger charge is 2.13. The Morgan fingerprint density at radius 1 is 0.667 bits per heavy atom. The quantitative estimate of drug-likeness (QED) is 0.537. The molecule has 0 atom stereocenters. The highest BCUT2D eigenvalue weighted by atomic mass is 16.3. The van der Waals surface area contributed by atoms with Crippen LogP contribution in [0, 0.1) is 0 Å². The Morgan fingerprint density at radius 3 is 2.05 bits per heavy atom. The maximum absolute atomic E-state index is 5.57. The zero-order chi connectivity index (χ0) is 14.1. The van der Waals surface area contributed by atoms with Crippen molar-refractivity contribution in [3.63, 3.8) is 0 Å². The Morgan fingerprint density at radius 2 is 1.33 bits per heavy atom. The Balaban J connectivity index is 2.00. The standard InChI is InChI=1S/C18H12N2O/c1-3-7-13(8-4-1)16-17-15(11-12-21-17)19-18(20-16)14-9-5-2-6-10-14/h1-12H. The first-order chi connectivity index (χ1) is 10.4. The molecule has 0 aliphatic heterocycles. The van der Waals surface area contributed by atoms with Crippen LogP contribution in [0.2, 0.25) is 0 Å². The minimum Gasteiger partial charge on any atom is -0.460 e. The molecule has 0 bridgehead atoms. The number of hydrogen-bond donors (Lipinski definition) is 0. The molecular weight excluding hydrogens is 260 g/mol. The molecule has 0 N–H and O–H groups in total. The van der Waals surface area contributed by atoms with Gasteiger partial charge in [0.15, 0.2) is 11.4 Å². The van der Waals surface area contributed by atoms with Crippen LogP contribution in [0.4, 0.5) is 0 Å². The van der Waals surface area contributed by atoms with E-state index in [1.54, 1.807) is 6.26 Å². The molecule has 3 heteroatoms. The van der Waals surface area contributed by atoms with Crippen LogP contribution in [-0.4, -0.2) is 9.97 Å². The number of hydrogen-bond acceptors (Lipinski definition) is 3. The number of nitrogens with zero attached hydrogens (tertiary/aromatic N) is 2. The maximum Gasteiger partial charge on any atom is 0.178 e. The molecule has 0 spiro atoms. The van der Waals surface area contributed by atoms with E-state index >= 15 is 0 Å². The Bertz CT molecular complexity index is 883. The summed E-state index contributed by atoms with van der Waals surface area (Å²) < 4.78 is 5.57. The van der Waals surface area contributed by atoms with Crippen LogP contribution >= 0.6 is 0 Å². The third-order valence-electron chi connectivity index (χ3n) is 3.38. The molecule has 2 heterocycles. The van der Waals surface area contributed by atoms with Crippen LogP contribution in [0.15, 0.2) is 77.4 Å². The molecule has 4 aromatic rings. The third-order valence-corrected chi connectivity index (χ3v) is 3.38. The highest BCUT2D eigenvalue weighted by molar-refractivity contribution is 5.89. The van der Waals surface area contributed by atoms with Crippen LogP contribution < -0.4 is 0 Å². The Hall–Kier alpha value is -2.94. The van der Waals surface area contributed by atoms with Gasteiger partial charge in [0.2, 0.25) is 0 Å². The van der Waals surface area contributed by atoms with E-state index in [1.807, 2.05) is 66.7 Å². The summed E-state index contributed by atoms with van der Waals surface area (Å²) in [5.74, 6) is 0.711. The average Bonchev–Trinajstić information content (AvgIpc) is 3.04. The van der Waals surface area contributed by atoms with Gasteiger partial charge in [-0.1, -0.05) is 60.7 Å². The fraction of sp³-hybridized carbons (Fsp3) is 0. The first kappa shape index (κ1) is 11.9. The lowest BCUT2D eigenvalue weighted by Gasteiger charge is -2.05. The number of fused-ring (bicyclic) bond motifs is 1. The lowest BCUT2D eigenvalue weighted by atomic mass is 10.1. The topological polar surface area (TPSA) is 38.9 Å². The van der Waals surface area contributed by atoms with Crippen LogP contribution in [0.1, 0.15) is 0 Å².